The average molecular weight is 619 g/mol. The molecule has 2 saturated heterocycles. The van der Waals surface area contributed by atoms with Crippen LogP contribution in [-0.4, -0.2) is 60.9 Å². The van der Waals surface area contributed by atoms with Gasteiger partial charge in [-0.15, -0.1) is 0 Å². The number of alkyl halides is 2. The minimum Gasteiger partial charge on any atom is -0.383 e. The molecular weight excluding hydrogens is 581 g/mol. The quantitative estimate of drug-likeness (QED) is 0.274. The van der Waals surface area contributed by atoms with E-state index in [9.17, 15) is 23.9 Å². The van der Waals surface area contributed by atoms with Crippen molar-refractivity contribution < 1.29 is 23.4 Å². The van der Waals surface area contributed by atoms with Gasteiger partial charge >= 0.3 is 0 Å². The summed E-state index contributed by atoms with van der Waals surface area (Å²) in [5.74, 6) is -0.165. The molecule has 0 aromatic heterocycles. The van der Waals surface area contributed by atoms with Crippen LogP contribution in [0.1, 0.15) is 39.9 Å². The SMILES string of the molecule is C=C(Nc1ccc(C#N)c(C(F)(F)P)c1)C(O)(Cc1cccc(-c2cccc(C(=O)N3CCOCC3)c2)c1)C1CCNCC1. The van der Waals surface area contributed by atoms with Crippen LogP contribution in [0.4, 0.5) is 14.5 Å². The number of morpholine rings is 1. The summed E-state index contributed by atoms with van der Waals surface area (Å²) in [5, 5.41) is 28.1. The molecule has 0 spiro atoms. The fourth-order valence-corrected chi connectivity index (χ4v) is 6.27. The number of rotatable bonds is 9. The predicted molar refractivity (Wildman–Crippen MR) is 170 cm³/mol. The number of hydrogen-bond donors (Lipinski definition) is 3. The van der Waals surface area contributed by atoms with Crippen molar-refractivity contribution in [3.05, 3.63) is 101 Å². The summed E-state index contributed by atoms with van der Waals surface area (Å²) in [5.41, 5.74) is -1.35. The van der Waals surface area contributed by atoms with E-state index >= 15 is 0 Å². The van der Waals surface area contributed by atoms with Gasteiger partial charge in [0, 0.05) is 42.0 Å². The van der Waals surface area contributed by atoms with Crippen LogP contribution < -0.4 is 10.6 Å². The topological polar surface area (TPSA) is 97.6 Å². The first-order chi connectivity index (χ1) is 21.1. The van der Waals surface area contributed by atoms with Gasteiger partial charge in [-0.2, -0.15) is 14.0 Å². The lowest BCUT2D eigenvalue weighted by atomic mass is 9.75. The highest BCUT2D eigenvalue weighted by atomic mass is 31.0. The minimum absolute atomic E-state index is 0.0284. The summed E-state index contributed by atoms with van der Waals surface area (Å²) in [6.45, 7) is 7.87. The molecule has 3 aromatic rings. The zero-order chi connectivity index (χ0) is 31.3. The Labute approximate surface area is 259 Å². The van der Waals surface area contributed by atoms with Gasteiger partial charge in [0.1, 0.15) is 5.60 Å². The molecule has 3 aromatic carbocycles. The fourth-order valence-electron chi connectivity index (χ4n) is 6.03. The van der Waals surface area contributed by atoms with Crippen LogP contribution in [0.15, 0.2) is 79.0 Å². The number of carbonyl (C=O) groups excluding carboxylic acids is 1. The molecule has 0 aliphatic carbocycles. The first-order valence-electron chi connectivity index (χ1n) is 14.8. The van der Waals surface area contributed by atoms with Crippen molar-refractivity contribution in [1.29, 1.82) is 5.26 Å². The predicted octanol–water partition coefficient (Wildman–Crippen LogP) is 5.52. The molecule has 2 fully saturated rings. The van der Waals surface area contributed by atoms with Crippen molar-refractivity contribution in [3.63, 3.8) is 0 Å². The van der Waals surface area contributed by atoms with E-state index in [0.717, 1.165) is 29.8 Å². The van der Waals surface area contributed by atoms with Gasteiger partial charge in [-0.25, -0.2) is 0 Å². The highest BCUT2D eigenvalue weighted by Gasteiger charge is 2.40. The third-order valence-corrected chi connectivity index (χ3v) is 8.78. The van der Waals surface area contributed by atoms with Crippen molar-refractivity contribution in [1.82, 2.24) is 10.2 Å². The molecule has 2 heterocycles. The first kappa shape index (κ1) is 31.7. The molecule has 2 aliphatic rings. The van der Waals surface area contributed by atoms with Crippen LogP contribution in [0.5, 0.6) is 0 Å². The van der Waals surface area contributed by atoms with E-state index in [1.807, 2.05) is 54.6 Å². The number of halogens is 2. The number of nitriles is 1. The zero-order valence-electron chi connectivity index (χ0n) is 24.5. The molecule has 7 nitrogen and oxygen atoms in total. The number of ether oxygens (including phenoxy) is 1. The van der Waals surface area contributed by atoms with Gasteiger partial charge in [0.2, 0.25) is 0 Å². The van der Waals surface area contributed by atoms with Gasteiger partial charge in [0.25, 0.3) is 11.6 Å². The Bertz CT molecular complexity index is 1560. The van der Waals surface area contributed by atoms with Crippen LogP contribution in [0.25, 0.3) is 11.1 Å². The smallest absolute Gasteiger partial charge is 0.285 e. The molecule has 3 N–H and O–H groups in total. The van der Waals surface area contributed by atoms with Gasteiger partial charge < -0.3 is 25.4 Å². The monoisotopic (exact) mass is 618 g/mol. The lowest BCUT2D eigenvalue weighted by molar-refractivity contribution is 0.00476. The van der Waals surface area contributed by atoms with E-state index in [2.05, 4.69) is 17.2 Å². The second kappa shape index (κ2) is 13.5. The van der Waals surface area contributed by atoms with Crippen molar-refractivity contribution in [3.8, 4) is 17.2 Å². The van der Waals surface area contributed by atoms with Crippen LogP contribution in [0.3, 0.4) is 0 Å². The Balaban J connectivity index is 1.41. The van der Waals surface area contributed by atoms with Crippen LogP contribution in [0, 0.1) is 17.2 Å². The number of amides is 1. The van der Waals surface area contributed by atoms with Gasteiger partial charge in [-0.1, -0.05) is 52.2 Å². The molecule has 2 atom stereocenters. The number of carbonyl (C=O) groups is 1. The van der Waals surface area contributed by atoms with E-state index in [0.29, 0.717) is 56.1 Å². The summed E-state index contributed by atoms with van der Waals surface area (Å²) in [6.07, 6.45) is 1.67. The van der Waals surface area contributed by atoms with Crippen LogP contribution in [-0.2, 0) is 16.8 Å². The van der Waals surface area contributed by atoms with Gasteiger partial charge in [0.15, 0.2) is 0 Å². The van der Waals surface area contributed by atoms with Crippen molar-refractivity contribution in [2.45, 2.75) is 30.5 Å². The minimum atomic E-state index is -3.29. The molecule has 230 valence electrons. The van der Waals surface area contributed by atoms with Crippen molar-refractivity contribution in [2.24, 2.45) is 5.92 Å². The molecule has 0 radical (unpaired) electrons. The largest absolute Gasteiger partial charge is 0.383 e. The molecular formula is C34H37F2N4O3P. The van der Waals surface area contributed by atoms with Crippen molar-refractivity contribution in [2.75, 3.05) is 44.7 Å². The number of aliphatic hydroxyl groups is 1. The molecule has 44 heavy (non-hydrogen) atoms. The van der Waals surface area contributed by atoms with Crippen molar-refractivity contribution >= 4 is 20.8 Å². The lowest BCUT2D eigenvalue weighted by Gasteiger charge is -2.40. The number of piperidine rings is 1. The summed E-state index contributed by atoms with van der Waals surface area (Å²) in [7, 11) is 1.47. The highest BCUT2D eigenvalue weighted by Crippen LogP contribution is 2.40. The third-order valence-electron chi connectivity index (χ3n) is 8.47. The second-order valence-corrected chi connectivity index (χ2v) is 12.1. The van der Waals surface area contributed by atoms with Gasteiger partial charge in [-0.3, -0.25) is 4.79 Å². The molecule has 2 unspecified atom stereocenters. The molecule has 0 bridgehead atoms. The molecule has 2 aliphatic heterocycles. The average Bonchev–Trinajstić information content (AvgIpc) is 3.05. The normalized spacial score (nSPS) is 17.4. The Hall–Kier alpha value is -3.67. The van der Waals surface area contributed by atoms with Gasteiger partial charge in [-0.05, 0) is 78.9 Å². The maximum atomic E-state index is 14.3. The van der Waals surface area contributed by atoms with Crippen LogP contribution in [0.2, 0.25) is 0 Å². The standard InChI is InChI=1S/C34H37F2N4O3P/c1-23(39-30-9-8-28(22-37)31(20-30)34(35,36)44)33(42,29-10-12-38-13-11-29)21-24-4-2-5-25(18-24)26-6-3-7-27(19-26)32(41)40-14-16-43-17-15-40/h2-9,18-20,29,38-39,42H,1,10-17,21,44H2. The Morgan fingerprint density at radius 2 is 1.77 bits per heavy atom. The van der Waals surface area contributed by atoms with Gasteiger partial charge in [0.05, 0.1) is 24.8 Å². The fraction of sp³-hybridized carbons (Fsp3) is 0.353. The van der Waals surface area contributed by atoms with Crippen LogP contribution >= 0.6 is 9.24 Å². The van der Waals surface area contributed by atoms with E-state index in [1.165, 1.54) is 27.4 Å². The molecule has 1 amide bonds. The third kappa shape index (κ3) is 7.17. The number of nitrogens with one attached hydrogen (secondary N) is 2. The summed E-state index contributed by atoms with van der Waals surface area (Å²) in [6, 6.07) is 21.3. The number of nitrogens with zero attached hydrogens (tertiary/aromatic N) is 2. The number of hydrogen-bond acceptors (Lipinski definition) is 6. The molecule has 0 saturated carbocycles. The molecule has 5 rings (SSSR count). The number of benzene rings is 3. The maximum absolute atomic E-state index is 14.3. The summed E-state index contributed by atoms with van der Waals surface area (Å²) < 4.78 is 33.9. The van der Waals surface area contributed by atoms with E-state index in [1.54, 1.807) is 4.90 Å². The first-order valence-corrected chi connectivity index (χ1v) is 15.3. The summed E-state index contributed by atoms with van der Waals surface area (Å²) in [4.78, 5) is 14.9. The second-order valence-electron chi connectivity index (χ2n) is 11.4. The Kier molecular flexibility index (Phi) is 9.77. The summed E-state index contributed by atoms with van der Waals surface area (Å²) >= 11 is 0. The maximum Gasteiger partial charge on any atom is 0.285 e. The zero-order valence-corrected chi connectivity index (χ0v) is 25.6. The highest BCUT2D eigenvalue weighted by molar-refractivity contribution is 7.17. The number of anilines is 1. The van der Waals surface area contributed by atoms with E-state index < -0.39 is 16.8 Å². The lowest BCUT2D eigenvalue weighted by Crippen LogP contribution is -2.48. The Morgan fingerprint density at radius 1 is 1.09 bits per heavy atom. The van der Waals surface area contributed by atoms with E-state index in [-0.39, 0.29) is 23.8 Å². The van der Waals surface area contributed by atoms with E-state index in [4.69, 9.17) is 4.74 Å². The Morgan fingerprint density at radius 3 is 2.45 bits per heavy atom. The molecule has 10 heteroatoms.